The summed E-state index contributed by atoms with van der Waals surface area (Å²) in [5.74, 6) is 0.739. The fourth-order valence-corrected chi connectivity index (χ4v) is 2.85. The Kier molecular flexibility index (Phi) is 5.67. The van der Waals surface area contributed by atoms with E-state index in [0.717, 1.165) is 58.1 Å². The van der Waals surface area contributed by atoms with Crippen LogP contribution in [0.25, 0.3) is 0 Å². The third-order valence-corrected chi connectivity index (χ3v) is 4.00. The van der Waals surface area contributed by atoms with E-state index < -0.39 is 0 Å². The van der Waals surface area contributed by atoms with Crippen LogP contribution in [-0.4, -0.2) is 58.2 Å². The summed E-state index contributed by atoms with van der Waals surface area (Å²) >= 11 is 5.79. The molecule has 1 fully saturated rings. The average molecular weight is 285 g/mol. The van der Waals surface area contributed by atoms with Crippen LogP contribution < -0.4 is 0 Å². The minimum Gasteiger partial charge on any atom is -0.300 e. The highest BCUT2D eigenvalue weighted by Crippen LogP contribution is 2.11. The monoisotopic (exact) mass is 284 g/mol. The molecule has 0 saturated carbocycles. The molecule has 0 radical (unpaired) electrons. The van der Waals surface area contributed by atoms with Crippen LogP contribution in [-0.2, 0) is 19.5 Å². The molecule has 108 valence electrons. The van der Waals surface area contributed by atoms with Crippen molar-refractivity contribution in [2.24, 2.45) is 0 Å². The van der Waals surface area contributed by atoms with Crippen LogP contribution >= 0.6 is 11.6 Å². The molecular weight excluding hydrogens is 260 g/mol. The predicted molar refractivity (Wildman–Crippen MR) is 79.7 cm³/mol. The van der Waals surface area contributed by atoms with E-state index in [9.17, 15) is 0 Å². The quantitative estimate of drug-likeness (QED) is 0.745. The Morgan fingerprint density at radius 2 is 1.84 bits per heavy atom. The Morgan fingerprint density at radius 1 is 1.16 bits per heavy atom. The number of aryl methyl sites for hydroxylation is 2. The second-order valence-electron chi connectivity index (χ2n) is 5.10. The molecule has 4 nitrogen and oxygen atoms in total. The Morgan fingerprint density at radius 3 is 2.42 bits per heavy atom. The fraction of sp³-hybridized carbons (Fsp3) is 0.786. The first-order chi connectivity index (χ1) is 9.26. The topological polar surface area (TPSA) is 24.3 Å². The molecule has 1 aliphatic rings. The summed E-state index contributed by atoms with van der Waals surface area (Å²) in [6.07, 6.45) is 1.02. The number of piperazine rings is 1. The maximum atomic E-state index is 5.79. The van der Waals surface area contributed by atoms with Crippen molar-refractivity contribution in [1.29, 1.82) is 0 Å². The average Bonchev–Trinajstić information content (AvgIpc) is 2.83. The highest BCUT2D eigenvalue weighted by Gasteiger charge is 2.18. The SMILES string of the molecule is CCc1cc(CN2CCN(CCCl)CC2)n(CC)n1. The lowest BCUT2D eigenvalue weighted by atomic mass is 10.2. The van der Waals surface area contributed by atoms with Gasteiger partial charge >= 0.3 is 0 Å². The Hall–Kier alpha value is -0.580. The smallest absolute Gasteiger partial charge is 0.0625 e. The normalized spacial score (nSPS) is 18.1. The third-order valence-electron chi connectivity index (χ3n) is 3.83. The maximum absolute atomic E-state index is 5.79. The van der Waals surface area contributed by atoms with Gasteiger partial charge in [0.1, 0.15) is 0 Å². The van der Waals surface area contributed by atoms with Crippen LogP contribution in [0.2, 0.25) is 0 Å². The molecule has 1 saturated heterocycles. The van der Waals surface area contributed by atoms with Crippen molar-refractivity contribution < 1.29 is 0 Å². The van der Waals surface area contributed by atoms with Crippen molar-refractivity contribution in [3.8, 4) is 0 Å². The van der Waals surface area contributed by atoms with Crippen LogP contribution in [0.1, 0.15) is 25.2 Å². The van der Waals surface area contributed by atoms with Gasteiger partial charge in [-0.3, -0.25) is 14.5 Å². The summed E-state index contributed by atoms with van der Waals surface area (Å²) in [4.78, 5) is 4.96. The summed E-state index contributed by atoms with van der Waals surface area (Å²) in [7, 11) is 0. The molecule has 1 aliphatic heterocycles. The van der Waals surface area contributed by atoms with E-state index >= 15 is 0 Å². The van der Waals surface area contributed by atoms with Crippen molar-refractivity contribution in [2.75, 3.05) is 38.6 Å². The first kappa shape index (κ1) is 14.8. The van der Waals surface area contributed by atoms with Gasteiger partial charge in [0.05, 0.1) is 11.4 Å². The minimum atomic E-state index is 0.739. The zero-order valence-corrected chi connectivity index (χ0v) is 12.9. The van der Waals surface area contributed by atoms with Crippen molar-refractivity contribution >= 4 is 11.6 Å². The van der Waals surface area contributed by atoms with Crippen molar-refractivity contribution in [2.45, 2.75) is 33.4 Å². The lowest BCUT2D eigenvalue weighted by molar-refractivity contribution is 0.130. The molecule has 0 aliphatic carbocycles. The van der Waals surface area contributed by atoms with Gasteiger partial charge in [0, 0.05) is 51.7 Å². The lowest BCUT2D eigenvalue weighted by Crippen LogP contribution is -2.46. The van der Waals surface area contributed by atoms with E-state index in [1.54, 1.807) is 0 Å². The fourth-order valence-electron chi connectivity index (χ4n) is 2.61. The Bertz CT molecular complexity index is 383. The summed E-state index contributed by atoms with van der Waals surface area (Å²) in [5, 5.41) is 4.62. The summed E-state index contributed by atoms with van der Waals surface area (Å²) in [5.41, 5.74) is 2.56. The van der Waals surface area contributed by atoms with E-state index in [2.05, 4.69) is 39.5 Å². The number of hydrogen-bond acceptors (Lipinski definition) is 3. The van der Waals surface area contributed by atoms with Crippen LogP contribution in [0.5, 0.6) is 0 Å². The highest BCUT2D eigenvalue weighted by atomic mass is 35.5. The molecule has 0 N–H and O–H groups in total. The molecule has 0 atom stereocenters. The van der Waals surface area contributed by atoms with Gasteiger partial charge in [0.15, 0.2) is 0 Å². The van der Waals surface area contributed by atoms with Crippen molar-refractivity contribution in [1.82, 2.24) is 19.6 Å². The Labute approximate surface area is 121 Å². The van der Waals surface area contributed by atoms with Gasteiger partial charge in [-0.1, -0.05) is 6.92 Å². The zero-order valence-electron chi connectivity index (χ0n) is 12.1. The van der Waals surface area contributed by atoms with Gasteiger partial charge in [0.2, 0.25) is 0 Å². The molecule has 19 heavy (non-hydrogen) atoms. The summed E-state index contributed by atoms with van der Waals surface area (Å²) in [6.45, 7) is 11.9. The van der Waals surface area contributed by atoms with Crippen LogP contribution in [0, 0.1) is 0 Å². The van der Waals surface area contributed by atoms with Gasteiger partial charge < -0.3 is 0 Å². The standard InChI is InChI=1S/C14H25ClN4/c1-3-13-11-14(19(4-2)16-13)12-18-9-7-17(6-5-15)8-10-18/h11H,3-10,12H2,1-2H3. The Balaban J connectivity index is 1.89. The zero-order chi connectivity index (χ0) is 13.7. The van der Waals surface area contributed by atoms with E-state index in [0.29, 0.717) is 0 Å². The first-order valence-electron chi connectivity index (χ1n) is 7.33. The largest absolute Gasteiger partial charge is 0.300 e. The van der Waals surface area contributed by atoms with E-state index in [1.807, 2.05) is 0 Å². The molecule has 1 aromatic heterocycles. The number of alkyl halides is 1. The molecular formula is C14H25ClN4. The molecule has 2 rings (SSSR count). The van der Waals surface area contributed by atoms with Gasteiger partial charge in [-0.25, -0.2) is 0 Å². The van der Waals surface area contributed by atoms with Gasteiger partial charge in [-0.15, -0.1) is 11.6 Å². The molecule has 2 heterocycles. The molecule has 0 spiro atoms. The summed E-state index contributed by atoms with van der Waals surface area (Å²) in [6, 6.07) is 2.26. The summed E-state index contributed by atoms with van der Waals surface area (Å²) < 4.78 is 2.14. The number of halogens is 1. The number of rotatable bonds is 6. The number of hydrogen-bond donors (Lipinski definition) is 0. The van der Waals surface area contributed by atoms with Gasteiger partial charge in [-0.2, -0.15) is 5.10 Å². The highest BCUT2D eigenvalue weighted by molar-refractivity contribution is 6.18. The molecule has 5 heteroatoms. The van der Waals surface area contributed by atoms with Crippen LogP contribution in [0.4, 0.5) is 0 Å². The molecule has 0 aromatic carbocycles. The second kappa shape index (κ2) is 7.27. The lowest BCUT2D eigenvalue weighted by Gasteiger charge is -2.34. The van der Waals surface area contributed by atoms with E-state index in [1.165, 1.54) is 11.4 Å². The van der Waals surface area contributed by atoms with Crippen molar-refractivity contribution in [3.63, 3.8) is 0 Å². The molecule has 0 amide bonds. The van der Waals surface area contributed by atoms with Crippen LogP contribution in [0.3, 0.4) is 0 Å². The molecule has 0 unspecified atom stereocenters. The minimum absolute atomic E-state index is 0.739. The molecule has 1 aromatic rings. The number of nitrogens with zero attached hydrogens (tertiary/aromatic N) is 4. The van der Waals surface area contributed by atoms with Crippen molar-refractivity contribution in [3.05, 3.63) is 17.5 Å². The number of aromatic nitrogens is 2. The van der Waals surface area contributed by atoms with E-state index in [4.69, 9.17) is 11.6 Å². The molecule has 0 bridgehead atoms. The third kappa shape index (κ3) is 3.94. The predicted octanol–water partition coefficient (Wildman–Crippen LogP) is 1.82. The van der Waals surface area contributed by atoms with E-state index in [-0.39, 0.29) is 0 Å². The first-order valence-corrected chi connectivity index (χ1v) is 7.86. The van der Waals surface area contributed by atoms with Gasteiger partial charge in [-0.05, 0) is 19.4 Å². The maximum Gasteiger partial charge on any atom is 0.0625 e. The van der Waals surface area contributed by atoms with Gasteiger partial charge in [0.25, 0.3) is 0 Å². The second-order valence-corrected chi connectivity index (χ2v) is 5.48. The van der Waals surface area contributed by atoms with Crippen LogP contribution in [0.15, 0.2) is 6.07 Å².